The Bertz CT molecular complexity index is 2810. The van der Waals surface area contributed by atoms with Gasteiger partial charge in [0.1, 0.15) is 11.5 Å². The molecular formula is C46H44N6O8. The van der Waals surface area contributed by atoms with Gasteiger partial charge in [-0.25, -0.2) is 9.97 Å². The number of non-ortho nitro benzene ring substituents is 2. The summed E-state index contributed by atoms with van der Waals surface area (Å²) in [4.78, 5) is 65.1. The van der Waals surface area contributed by atoms with Crippen LogP contribution in [0.5, 0.6) is 11.5 Å². The van der Waals surface area contributed by atoms with E-state index in [9.17, 15) is 29.8 Å². The zero-order valence-electron chi connectivity index (χ0n) is 34.2. The minimum atomic E-state index is -0.518. The molecule has 14 nitrogen and oxygen atoms in total. The minimum absolute atomic E-state index is 0.00629. The summed E-state index contributed by atoms with van der Waals surface area (Å²) >= 11 is 0. The lowest BCUT2D eigenvalue weighted by molar-refractivity contribution is -0.385. The van der Waals surface area contributed by atoms with Crippen LogP contribution in [-0.2, 0) is 22.4 Å². The summed E-state index contributed by atoms with van der Waals surface area (Å²) in [6.45, 7) is 12.4. The zero-order chi connectivity index (χ0) is 42.8. The number of aromatic amines is 2. The van der Waals surface area contributed by atoms with Crippen LogP contribution in [0.15, 0.2) is 72.8 Å². The molecule has 60 heavy (non-hydrogen) atoms. The molecule has 2 aromatic carbocycles. The maximum Gasteiger partial charge on any atom is 0.311 e. The first kappa shape index (κ1) is 41.0. The summed E-state index contributed by atoms with van der Waals surface area (Å²) in [6, 6.07) is 18.8. The second-order valence-corrected chi connectivity index (χ2v) is 14.8. The smallest absolute Gasteiger partial charge is 0.311 e. The molecule has 5 aromatic rings. The van der Waals surface area contributed by atoms with Gasteiger partial charge in [-0.05, 0) is 146 Å². The number of nitro groups is 2. The Labute approximate surface area is 345 Å². The van der Waals surface area contributed by atoms with E-state index in [4.69, 9.17) is 19.4 Å². The number of hydrogen-bond acceptors (Lipinski definition) is 10. The van der Waals surface area contributed by atoms with Gasteiger partial charge < -0.3 is 19.4 Å². The number of H-pyrrole nitrogens is 2. The van der Waals surface area contributed by atoms with E-state index in [1.54, 1.807) is 0 Å². The van der Waals surface area contributed by atoms with E-state index in [-0.39, 0.29) is 48.6 Å². The summed E-state index contributed by atoms with van der Waals surface area (Å²) in [5, 5.41) is 22.2. The van der Waals surface area contributed by atoms with Gasteiger partial charge in [0.25, 0.3) is 11.4 Å². The number of hydrogen-bond donors (Lipinski definition) is 2. The number of carbonyl (C=O) groups excluding carboxylic acids is 2. The van der Waals surface area contributed by atoms with Gasteiger partial charge in [-0.1, -0.05) is 13.8 Å². The average molecular weight is 809 g/mol. The fraction of sp³-hybridized carbons (Fsp3) is 0.261. The van der Waals surface area contributed by atoms with Crippen molar-refractivity contribution in [3.05, 3.63) is 138 Å². The number of nitro benzene ring substituents is 2. The van der Waals surface area contributed by atoms with Crippen molar-refractivity contribution >= 4 is 67.7 Å². The number of aryl methyl sites for hydroxylation is 4. The van der Waals surface area contributed by atoms with Crippen molar-refractivity contribution in [2.45, 2.75) is 80.1 Å². The Balaban J connectivity index is 1.33. The first-order valence-corrected chi connectivity index (χ1v) is 19.8. The zero-order valence-corrected chi connectivity index (χ0v) is 34.2. The highest BCUT2D eigenvalue weighted by atomic mass is 16.6. The van der Waals surface area contributed by atoms with Gasteiger partial charge in [0.05, 0.1) is 45.5 Å². The van der Waals surface area contributed by atoms with E-state index in [0.29, 0.717) is 11.4 Å². The average Bonchev–Trinajstić information content (AvgIpc) is 3.88. The number of benzene rings is 2. The van der Waals surface area contributed by atoms with Crippen molar-refractivity contribution in [1.29, 1.82) is 0 Å². The largest absolute Gasteiger partial charge is 0.427 e. The molecular weight excluding hydrogens is 765 g/mol. The summed E-state index contributed by atoms with van der Waals surface area (Å²) < 4.78 is 11.1. The van der Waals surface area contributed by atoms with Crippen molar-refractivity contribution in [2.75, 3.05) is 0 Å². The number of allylic oxidation sites excluding steroid dienone is 4. The number of ether oxygens (including phenoxy) is 2. The number of nitrogens with one attached hydrogen (secondary N) is 2. The highest BCUT2D eigenvalue weighted by Crippen LogP contribution is 2.38. The van der Waals surface area contributed by atoms with Crippen molar-refractivity contribution in [1.82, 2.24) is 19.9 Å². The molecule has 0 saturated carbocycles. The third kappa shape index (κ3) is 8.35. The molecule has 2 aliphatic rings. The Hall–Kier alpha value is -7.22. The SMILES string of the molecule is CCc1c(C)c2cc3[nH]c(cc4nc(cc5nc(cc1[nH]2)C(C)=C5CCC(=O)Oc1ccc([N+](=O)[O-])cc1)C(CCC(=O)Oc1ccc([N+](=O)[O-])cc1)=C4C)c(C)c3CC. The molecule has 3 aromatic heterocycles. The molecule has 0 radical (unpaired) electrons. The van der Waals surface area contributed by atoms with Crippen LogP contribution in [0.4, 0.5) is 11.4 Å². The third-order valence-corrected chi connectivity index (χ3v) is 11.2. The molecule has 0 amide bonds. The van der Waals surface area contributed by atoms with Gasteiger partial charge in [0.2, 0.25) is 0 Å². The number of fused-ring (bicyclic) bond motifs is 8. The van der Waals surface area contributed by atoms with Crippen LogP contribution in [0.25, 0.3) is 44.4 Å². The standard InChI is InChI=1S/C46H44N6O8/c1-7-33-25(3)37-21-38-27(5)35(17-19-45(53)59-31-13-9-29(10-14-31)51(55)56)43(49-38)24-44-36(18-20-46(54)60-32-15-11-30(12-16-32)52(57)58)28(6)40(50-44)23-42-34(8-2)26(4)39(48-42)22-41(33)47-37/h9-16,21-24,47-48H,7-8,17-20H2,1-6H3. The van der Waals surface area contributed by atoms with Gasteiger partial charge in [0.15, 0.2) is 0 Å². The lowest BCUT2D eigenvalue weighted by Crippen LogP contribution is -2.08. The Morgan fingerprint density at radius 1 is 0.567 bits per heavy atom. The predicted octanol–water partition coefficient (Wildman–Crippen LogP) is 10.5. The predicted molar refractivity (Wildman–Crippen MR) is 230 cm³/mol. The quantitative estimate of drug-likeness (QED) is 0.0529. The molecule has 7 rings (SSSR count). The number of carbonyl (C=O) groups is 2. The molecule has 5 heterocycles. The minimum Gasteiger partial charge on any atom is -0.427 e. The molecule has 0 fully saturated rings. The molecule has 0 aliphatic carbocycles. The molecule has 0 unspecified atom stereocenters. The topological polar surface area (TPSA) is 196 Å². The molecule has 8 bridgehead atoms. The highest BCUT2D eigenvalue weighted by Gasteiger charge is 2.24. The highest BCUT2D eigenvalue weighted by molar-refractivity contribution is 5.96. The summed E-state index contributed by atoms with van der Waals surface area (Å²) in [5.41, 5.74) is 14.4. The fourth-order valence-corrected chi connectivity index (χ4v) is 7.85. The summed E-state index contributed by atoms with van der Waals surface area (Å²) in [5.74, 6) is -0.609. The van der Waals surface area contributed by atoms with Gasteiger partial charge >= 0.3 is 11.9 Å². The van der Waals surface area contributed by atoms with E-state index in [2.05, 4.69) is 43.7 Å². The van der Waals surface area contributed by atoms with Crippen LogP contribution in [0.1, 0.15) is 98.4 Å². The molecule has 0 atom stereocenters. The fourth-order valence-electron chi connectivity index (χ4n) is 7.85. The second-order valence-electron chi connectivity index (χ2n) is 14.8. The van der Waals surface area contributed by atoms with Gasteiger partial charge in [-0.15, -0.1) is 0 Å². The van der Waals surface area contributed by atoms with Crippen LogP contribution >= 0.6 is 0 Å². The van der Waals surface area contributed by atoms with E-state index in [1.165, 1.54) is 59.7 Å². The maximum atomic E-state index is 13.2. The Morgan fingerprint density at radius 3 is 1.35 bits per heavy atom. The number of esters is 2. The van der Waals surface area contributed by atoms with Crippen molar-refractivity contribution in [3.63, 3.8) is 0 Å². The molecule has 0 spiro atoms. The van der Waals surface area contributed by atoms with Crippen LogP contribution in [0.3, 0.4) is 0 Å². The summed E-state index contributed by atoms with van der Waals surface area (Å²) in [7, 11) is 0. The monoisotopic (exact) mass is 808 g/mol. The second kappa shape index (κ2) is 16.9. The molecule has 2 aliphatic heterocycles. The molecule has 14 heteroatoms. The van der Waals surface area contributed by atoms with E-state index >= 15 is 0 Å². The van der Waals surface area contributed by atoms with E-state index in [0.717, 1.165) is 79.7 Å². The third-order valence-electron chi connectivity index (χ3n) is 11.2. The van der Waals surface area contributed by atoms with E-state index in [1.807, 2.05) is 32.0 Å². The Morgan fingerprint density at radius 2 is 0.950 bits per heavy atom. The molecule has 306 valence electrons. The van der Waals surface area contributed by atoms with Crippen LogP contribution in [0, 0.1) is 34.1 Å². The molecule has 0 saturated heterocycles. The Kier molecular flexibility index (Phi) is 11.6. The first-order chi connectivity index (χ1) is 28.7. The number of rotatable bonds is 12. The van der Waals surface area contributed by atoms with Gasteiger partial charge in [-0.2, -0.15) is 0 Å². The van der Waals surface area contributed by atoms with Crippen LogP contribution in [0.2, 0.25) is 0 Å². The molecule has 2 N–H and O–H groups in total. The normalized spacial score (nSPS) is 12.5. The van der Waals surface area contributed by atoms with Crippen molar-refractivity contribution in [2.24, 2.45) is 0 Å². The van der Waals surface area contributed by atoms with Crippen molar-refractivity contribution < 1.29 is 28.9 Å². The van der Waals surface area contributed by atoms with Crippen LogP contribution < -0.4 is 9.47 Å². The lowest BCUT2D eigenvalue weighted by atomic mass is 9.98. The first-order valence-electron chi connectivity index (χ1n) is 19.8. The number of nitrogens with zero attached hydrogens (tertiary/aromatic N) is 4. The lowest BCUT2D eigenvalue weighted by Gasteiger charge is -2.08. The van der Waals surface area contributed by atoms with Gasteiger partial charge in [0, 0.05) is 46.3 Å². The number of aromatic nitrogens is 4. The maximum absolute atomic E-state index is 13.2. The summed E-state index contributed by atoms with van der Waals surface area (Å²) in [6.07, 6.45) is 2.19. The van der Waals surface area contributed by atoms with E-state index < -0.39 is 21.8 Å². The van der Waals surface area contributed by atoms with Crippen LogP contribution in [-0.4, -0.2) is 41.7 Å². The van der Waals surface area contributed by atoms with Gasteiger partial charge in [-0.3, -0.25) is 29.8 Å². The van der Waals surface area contributed by atoms with Crippen molar-refractivity contribution in [3.8, 4) is 11.5 Å².